The zero-order chi connectivity index (χ0) is 27.8. The number of halogens is 1. The zero-order valence-corrected chi connectivity index (χ0v) is 23.8. The van der Waals surface area contributed by atoms with E-state index in [9.17, 15) is 14.0 Å². The quantitative estimate of drug-likeness (QED) is 0.456. The second-order valence-corrected chi connectivity index (χ2v) is 11.7. The molecular weight excluding hydrogens is 493 g/mol. The number of amides is 2. The largest absolute Gasteiger partial charge is 0.343 e. The van der Waals surface area contributed by atoms with Gasteiger partial charge in [-0.3, -0.25) is 19.5 Å². The summed E-state index contributed by atoms with van der Waals surface area (Å²) < 4.78 is 16.4. The summed E-state index contributed by atoms with van der Waals surface area (Å²) in [5.74, 6) is 0.0973. The van der Waals surface area contributed by atoms with Gasteiger partial charge in [0.15, 0.2) is 0 Å². The molecule has 0 radical (unpaired) electrons. The number of nitrogens with zero attached hydrogens (tertiary/aromatic N) is 5. The maximum Gasteiger partial charge on any atom is 0.256 e. The van der Waals surface area contributed by atoms with Crippen molar-refractivity contribution < 1.29 is 14.0 Å². The minimum atomic E-state index is -0.426. The highest BCUT2D eigenvalue weighted by Gasteiger charge is 2.34. The lowest BCUT2D eigenvalue weighted by Crippen LogP contribution is -2.53. The van der Waals surface area contributed by atoms with Gasteiger partial charge in [-0.05, 0) is 81.7 Å². The van der Waals surface area contributed by atoms with Gasteiger partial charge in [-0.1, -0.05) is 0 Å². The van der Waals surface area contributed by atoms with E-state index >= 15 is 0 Å². The highest BCUT2D eigenvalue weighted by atomic mass is 19.1. The van der Waals surface area contributed by atoms with Crippen LogP contribution in [0.3, 0.4) is 0 Å². The number of aryl methyl sites for hydroxylation is 1. The Bertz CT molecular complexity index is 1380. The van der Waals surface area contributed by atoms with Gasteiger partial charge in [0, 0.05) is 70.0 Å². The molecule has 1 unspecified atom stereocenters. The SMILES string of the molecule is CC(=O)N1CCCC(N2CC(Cc3cn(-c4ccc(F)cc4C(=O)N(C)C(C)C)c4cncc(C)c34)C2)CC1. The van der Waals surface area contributed by atoms with E-state index in [1.54, 1.807) is 24.9 Å². The first kappa shape index (κ1) is 27.3. The van der Waals surface area contributed by atoms with E-state index in [0.717, 1.165) is 68.3 Å². The second kappa shape index (κ2) is 11.1. The van der Waals surface area contributed by atoms with Crippen molar-refractivity contribution in [1.82, 2.24) is 24.3 Å². The number of likely N-dealkylation sites (tertiary alicyclic amines) is 2. The normalized spacial score (nSPS) is 18.8. The smallest absolute Gasteiger partial charge is 0.256 e. The number of benzene rings is 1. The van der Waals surface area contributed by atoms with E-state index in [4.69, 9.17) is 0 Å². The van der Waals surface area contributed by atoms with Crippen LogP contribution in [-0.2, 0) is 11.2 Å². The van der Waals surface area contributed by atoms with Crippen LogP contribution in [-0.4, -0.2) is 81.4 Å². The Balaban J connectivity index is 1.40. The topological polar surface area (TPSA) is 61.7 Å². The minimum absolute atomic E-state index is 0.00458. The lowest BCUT2D eigenvalue weighted by Gasteiger charge is -2.44. The molecule has 2 fully saturated rings. The highest BCUT2D eigenvalue weighted by Crippen LogP contribution is 2.34. The van der Waals surface area contributed by atoms with Gasteiger partial charge < -0.3 is 14.4 Å². The van der Waals surface area contributed by atoms with Crippen LogP contribution in [0.1, 0.15) is 61.5 Å². The highest BCUT2D eigenvalue weighted by molar-refractivity contribution is 5.99. The average molecular weight is 534 g/mol. The maximum absolute atomic E-state index is 14.4. The molecule has 1 atom stereocenters. The van der Waals surface area contributed by atoms with Gasteiger partial charge in [-0.15, -0.1) is 0 Å². The summed E-state index contributed by atoms with van der Waals surface area (Å²) in [6, 6.07) is 5.00. The van der Waals surface area contributed by atoms with Gasteiger partial charge in [0.2, 0.25) is 5.91 Å². The Morgan fingerprint density at radius 2 is 1.92 bits per heavy atom. The molecule has 2 saturated heterocycles. The number of rotatable bonds is 6. The fourth-order valence-corrected chi connectivity index (χ4v) is 6.22. The van der Waals surface area contributed by atoms with Crippen molar-refractivity contribution >= 4 is 22.7 Å². The molecule has 2 aliphatic heterocycles. The molecule has 2 aromatic heterocycles. The molecule has 2 amide bonds. The third kappa shape index (κ3) is 5.44. The molecule has 2 aliphatic rings. The van der Waals surface area contributed by atoms with Gasteiger partial charge >= 0.3 is 0 Å². The predicted molar refractivity (Wildman–Crippen MR) is 152 cm³/mol. The molecule has 1 aromatic carbocycles. The number of hydrogen-bond donors (Lipinski definition) is 0. The summed E-state index contributed by atoms with van der Waals surface area (Å²) in [7, 11) is 1.75. The molecule has 0 bridgehead atoms. The molecule has 5 rings (SSSR count). The second-order valence-electron chi connectivity index (χ2n) is 11.7. The van der Waals surface area contributed by atoms with Crippen LogP contribution in [0.15, 0.2) is 36.8 Å². The van der Waals surface area contributed by atoms with Gasteiger partial charge in [0.1, 0.15) is 5.82 Å². The van der Waals surface area contributed by atoms with E-state index in [2.05, 4.69) is 23.0 Å². The van der Waals surface area contributed by atoms with Crippen LogP contribution in [0.2, 0.25) is 0 Å². The zero-order valence-electron chi connectivity index (χ0n) is 23.8. The molecule has 0 aliphatic carbocycles. The summed E-state index contributed by atoms with van der Waals surface area (Å²) in [6.45, 7) is 11.5. The molecule has 7 nitrogen and oxygen atoms in total. The number of carbonyl (C=O) groups is 2. The fourth-order valence-electron chi connectivity index (χ4n) is 6.22. The minimum Gasteiger partial charge on any atom is -0.343 e. The Hall–Kier alpha value is -3.26. The van der Waals surface area contributed by atoms with Crippen molar-refractivity contribution in [2.75, 3.05) is 33.2 Å². The van der Waals surface area contributed by atoms with Crippen molar-refractivity contribution in [2.24, 2.45) is 5.92 Å². The Morgan fingerprint density at radius 1 is 1.15 bits per heavy atom. The number of hydrogen-bond acceptors (Lipinski definition) is 4. The summed E-state index contributed by atoms with van der Waals surface area (Å²) in [5, 5.41) is 1.16. The van der Waals surface area contributed by atoms with E-state index in [-0.39, 0.29) is 17.9 Å². The van der Waals surface area contributed by atoms with Crippen LogP contribution in [0.25, 0.3) is 16.6 Å². The van der Waals surface area contributed by atoms with Crippen molar-refractivity contribution in [3.05, 3.63) is 59.3 Å². The van der Waals surface area contributed by atoms with Crippen molar-refractivity contribution in [3.8, 4) is 5.69 Å². The molecule has 3 aromatic rings. The first-order valence-corrected chi connectivity index (χ1v) is 14.1. The van der Waals surface area contributed by atoms with Crippen LogP contribution < -0.4 is 0 Å². The molecular formula is C31H40FN5O2. The molecule has 0 spiro atoms. The number of pyridine rings is 1. The lowest BCUT2D eigenvalue weighted by atomic mass is 9.89. The molecule has 4 heterocycles. The molecule has 0 N–H and O–H groups in total. The maximum atomic E-state index is 14.4. The Kier molecular flexibility index (Phi) is 7.76. The van der Waals surface area contributed by atoms with E-state index in [0.29, 0.717) is 23.2 Å². The van der Waals surface area contributed by atoms with Crippen molar-refractivity contribution in [1.29, 1.82) is 0 Å². The van der Waals surface area contributed by atoms with Gasteiger partial charge in [-0.2, -0.15) is 0 Å². The Morgan fingerprint density at radius 3 is 2.64 bits per heavy atom. The van der Waals surface area contributed by atoms with Crippen molar-refractivity contribution in [3.63, 3.8) is 0 Å². The summed E-state index contributed by atoms with van der Waals surface area (Å²) in [5.41, 5.74) is 4.28. The fraction of sp³-hybridized carbons (Fsp3) is 0.516. The number of carbonyl (C=O) groups excluding carboxylic acids is 2. The third-order valence-corrected chi connectivity index (χ3v) is 8.68. The monoisotopic (exact) mass is 533 g/mol. The van der Waals surface area contributed by atoms with Crippen LogP contribution in [0.4, 0.5) is 4.39 Å². The summed E-state index contributed by atoms with van der Waals surface area (Å²) in [6.07, 6.45) is 10.0. The van der Waals surface area contributed by atoms with Crippen LogP contribution in [0.5, 0.6) is 0 Å². The molecule has 208 valence electrons. The first-order chi connectivity index (χ1) is 18.6. The van der Waals surface area contributed by atoms with E-state index in [1.165, 1.54) is 17.7 Å². The third-order valence-electron chi connectivity index (χ3n) is 8.68. The first-order valence-electron chi connectivity index (χ1n) is 14.1. The van der Waals surface area contributed by atoms with Gasteiger partial charge in [0.05, 0.1) is 23.0 Å². The van der Waals surface area contributed by atoms with E-state index in [1.807, 2.05) is 35.7 Å². The summed E-state index contributed by atoms with van der Waals surface area (Å²) >= 11 is 0. The Labute approximate surface area is 230 Å². The molecule has 39 heavy (non-hydrogen) atoms. The van der Waals surface area contributed by atoms with E-state index < -0.39 is 5.82 Å². The van der Waals surface area contributed by atoms with Crippen molar-refractivity contribution in [2.45, 2.75) is 65.5 Å². The predicted octanol–water partition coefficient (Wildman–Crippen LogP) is 4.83. The van der Waals surface area contributed by atoms with Crippen LogP contribution in [0, 0.1) is 18.7 Å². The lowest BCUT2D eigenvalue weighted by molar-refractivity contribution is -0.128. The average Bonchev–Trinajstić information content (AvgIpc) is 3.07. The summed E-state index contributed by atoms with van der Waals surface area (Å²) in [4.78, 5) is 35.8. The van der Waals surface area contributed by atoms with Gasteiger partial charge in [0.25, 0.3) is 5.91 Å². The molecule has 0 saturated carbocycles. The number of aromatic nitrogens is 2. The van der Waals surface area contributed by atoms with Gasteiger partial charge in [-0.25, -0.2) is 4.39 Å². The molecule has 8 heteroatoms. The van der Waals surface area contributed by atoms with Crippen LogP contribution >= 0.6 is 0 Å². The standard InChI is InChI=1S/C31H40FN5O2/c1-20(2)34(5)31(39)27-14-25(32)8-9-28(27)37-19-24(30-21(3)15-33-16-29(30)37)13-23-17-36(18-23)26-7-6-11-35(12-10-26)22(4)38/h8-9,14-16,19-20,23,26H,6-7,10-13,17-18H2,1-5H3. The number of fused-ring (bicyclic) bond motifs is 1.